The van der Waals surface area contributed by atoms with E-state index in [4.69, 9.17) is 24.7 Å². The van der Waals surface area contributed by atoms with E-state index in [0.717, 1.165) is 145 Å². The molecule has 2 spiro atoms. The van der Waals surface area contributed by atoms with Crippen molar-refractivity contribution in [1.29, 1.82) is 0 Å². The normalized spacial score (nSPS) is 14.6. The highest BCUT2D eigenvalue weighted by atomic mass is 16.5. The monoisotopic (exact) mass is 1280 g/mol. The Morgan fingerprint density at radius 2 is 0.644 bits per heavy atom. The molecule has 468 valence electrons. The van der Waals surface area contributed by atoms with Gasteiger partial charge in [-0.05, 0) is 166 Å². The number of ether oxygens (including phenoxy) is 2. The molecule has 0 bridgehead atoms. The number of pyridine rings is 1. The standard InChI is InChI=1S/C95H56N4O2/c1-2-18-67-66(17-1)65(46-47-72(67)85-52-51-84(97-98-85)60-39-37-59(38-40-60)63-42-49-82-91(56-63)100-89-31-15-11-27-80(89)94(82)76-24-8-5-20-69(76)70-21-6-9-25-77(70)94)64-44-48-79-75(53-64)71-22-7-10-26-78(71)95(79)81-28-12-16-32-90(81)101-92-55-62(43-50-83(92)95)58-35-33-57(34-36-58)61-41-45-73-68-19-3-4-23-74(68)93-96-86-29-13-14-30-87(86)99(93)88(73)54-61/h1-56H. The van der Waals surface area contributed by atoms with Gasteiger partial charge in [0.05, 0.1) is 38.8 Å². The molecule has 6 heteroatoms. The fourth-order valence-corrected chi connectivity index (χ4v) is 17.9. The summed E-state index contributed by atoms with van der Waals surface area (Å²) in [4.78, 5) is 5.14. The third-order valence-electron chi connectivity index (χ3n) is 22.3. The van der Waals surface area contributed by atoms with E-state index in [2.05, 4.69) is 344 Å². The SMILES string of the molecule is c1ccc2c(c1)Oc1cc(-c3ccc(-c4ccc(-c5ccc(-c6ccc7c(c6)-c6ccccc6C76c7ccccc7Oc7cc(-c8ccc(-c9ccc%10c%11ccccc%11c%11nc%12ccccc%12n%11c%10c9)cc8)ccc76)c6ccccc56)nn4)cc3)ccc1C21c2ccccc2-c2ccccc21. The molecule has 2 aliphatic heterocycles. The first-order chi connectivity index (χ1) is 50.0. The van der Waals surface area contributed by atoms with Gasteiger partial charge in [-0.1, -0.05) is 279 Å². The molecule has 4 aliphatic rings. The van der Waals surface area contributed by atoms with Gasteiger partial charge in [-0.3, -0.25) is 4.40 Å². The molecule has 0 fully saturated rings. The Balaban J connectivity index is 0.570. The summed E-state index contributed by atoms with van der Waals surface area (Å²) >= 11 is 0. The van der Waals surface area contributed by atoms with Crippen molar-refractivity contribution in [2.24, 2.45) is 0 Å². The molecule has 22 rings (SSSR count). The highest BCUT2D eigenvalue weighted by Crippen LogP contribution is 2.65. The molecule has 101 heavy (non-hydrogen) atoms. The molecule has 3 aromatic heterocycles. The summed E-state index contributed by atoms with van der Waals surface area (Å²) in [5.41, 5.74) is 30.3. The predicted octanol–water partition coefficient (Wildman–Crippen LogP) is 23.7. The quantitative estimate of drug-likeness (QED) is 0.155. The highest BCUT2D eigenvalue weighted by Gasteiger charge is 2.53. The van der Waals surface area contributed by atoms with Crippen molar-refractivity contribution in [1.82, 2.24) is 19.6 Å². The zero-order valence-corrected chi connectivity index (χ0v) is 54.4. The number of fused-ring (bicyclic) bond motifs is 27. The van der Waals surface area contributed by atoms with Crippen molar-refractivity contribution in [3.05, 3.63) is 384 Å². The summed E-state index contributed by atoms with van der Waals surface area (Å²) in [7, 11) is 0. The molecule has 0 radical (unpaired) electrons. The lowest BCUT2D eigenvalue weighted by Crippen LogP contribution is -2.32. The van der Waals surface area contributed by atoms with E-state index in [1.165, 1.54) is 60.8 Å². The maximum Gasteiger partial charge on any atom is 0.146 e. The molecule has 5 heterocycles. The van der Waals surface area contributed by atoms with E-state index in [1.54, 1.807) is 0 Å². The van der Waals surface area contributed by atoms with Crippen LogP contribution in [-0.4, -0.2) is 19.6 Å². The Morgan fingerprint density at radius 3 is 1.25 bits per heavy atom. The Bertz CT molecular complexity index is 6540. The molecule has 18 aromatic rings. The van der Waals surface area contributed by atoms with Crippen LogP contribution in [0.3, 0.4) is 0 Å². The van der Waals surface area contributed by atoms with Crippen LogP contribution in [-0.2, 0) is 10.8 Å². The van der Waals surface area contributed by atoms with Gasteiger partial charge in [0.15, 0.2) is 0 Å². The summed E-state index contributed by atoms with van der Waals surface area (Å²) in [6.45, 7) is 0. The summed E-state index contributed by atoms with van der Waals surface area (Å²) in [5.74, 6) is 3.46. The Kier molecular flexibility index (Phi) is 11.7. The van der Waals surface area contributed by atoms with Crippen molar-refractivity contribution >= 4 is 49.1 Å². The first-order valence-corrected chi connectivity index (χ1v) is 34.6. The van der Waals surface area contributed by atoms with Crippen molar-refractivity contribution in [3.8, 4) is 112 Å². The maximum absolute atomic E-state index is 7.04. The maximum atomic E-state index is 7.04. The second-order valence-electron chi connectivity index (χ2n) is 27.2. The predicted molar refractivity (Wildman–Crippen MR) is 408 cm³/mol. The molecule has 0 N–H and O–H groups in total. The number of hydrogen-bond acceptors (Lipinski definition) is 5. The number of imidazole rings is 1. The zero-order chi connectivity index (χ0) is 66.1. The van der Waals surface area contributed by atoms with Gasteiger partial charge >= 0.3 is 0 Å². The van der Waals surface area contributed by atoms with Crippen LogP contribution in [0.25, 0.3) is 138 Å². The first kappa shape index (κ1) is 55.8. The van der Waals surface area contributed by atoms with Crippen LogP contribution in [0.4, 0.5) is 0 Å². The minimum atomic E-state index is -0.629. The molecule has 0 saturated carbocycles. The molecule has 0 saturated heterocycles. The Hall–Kier alpha value is -13.3. The van der Waals surface area contributed by atoms with Crippen molar-refractivity contribution in [3.63, 3.8) is 0 Å². The van der Waals surface area contributed by atoms with Gasteiger partial charge in [-0.15, -0.1) is 10.2 Å². The van der Waals surface area contributed by atoms with Crippen LogP contribution in [0.5, 0.6) is 23.0 Å². The van der Waals surface area contributed by atoms with E-state index < -0.39 is 10.8 Å². The molecule has 0 amide bonds. The van der Waals surface area contributed by atoms with E-state index in [9.17, 15) is 0 Å². The van der Waals surface area contributed by atoms with Gasteiger partial charge in [0.1, 0.15) is 28.6 Å². The van der Waals surface area contributed by atoms with Crippen LogP contribution < -0.4 is 9.47 Å². The van der Waals surface area contributed by atoms with Gasteiger partial charge in [0.25, 0.3) is 0 Å². The number of benzene rings is 15. The minimum Gasteiger partial charge on any atom is -0.457 e. The fraction of sp³-hybridized carbons (Fsp3) is 0.0211. The molecular formula is C95H56N4O2. The van der Waals surface area contributed by atoms with E-state index in [1.807, 2.05) is 0 Å². The third-order valence-corrected chi connectivity index (χ3v) is 22.3. The van der Waals surface area contributed by atoms with Crippen LogP contribution in [0.1, 0.15) is 44.5 Å². The molecule has 15 aromatic carbocycles. The van der Waals surface area contributed by atoms with Gasteiger partial charge in [0.2, 0.25) is 0 Å². The fourth-order valence-electron chi connectivity index (χ4n) is 17.9. The van der Waals surface area contributed by atoms with Crippen molar-refractivity contribution < 1.29 is 9.47 Å². The zero-order valence-electron chi connectivity index (χ0n) is 54.4. The third kappa shape index (κ3) is 7.84. The largest absolute Gasteiger partial charge is 0.457 e. The summed E-state index contributed by atoms with van der Waals surface area (Å²) < 4.78 is 16.2. The molecule has 1 atom stereocenters. The van der Waals surface area contributed by atoms with Crippen LogP contribution in [0.2, 0.25) is 0 Å². The first-order valence-electron chi connectivity index (χ1n) is 34.6. The lowest BCUT2D eigenvalue weighted by molar-refractivity contribution is 0.436. The average molecular weight is 1290 g/mol. The van der Waals surface area contributed by atoms with E-state index in [-0.39, 0.29) is 0 Å². The van der Waals surface area contributed by atoms with Crippen molar-refractivity contribution in [2.45, 2.75) is 10.8 Å². The Labute approximate surface area is 582 Å². The smallest absolute Gasteiger partial charge is 0.146 e. The van der Waals surface area contributed by atoms with Gasteiger partial charge in [0, 0.05) is 44.2 Å². The summed E-state index contributed by atoms with van der Waals surface area (Å²) in [6, 6.07) is 123. The molecule has 6 nitrogen and oxygen atoms in total. The highest BCUT2D eigenvalue weighted by molar-refractivity contribution is 6.14. The second kappa shape index (κ2) is 21.1. The van der Waals surface area contributed by atoms with Crippen LogP contribution in [0, 0.1) is 0 Å². The second-order valence-corrected chi connectivity index (χ2v) is 27.2. The Morgan fingerprint density at radius 1 is 0.228 bits per heavy atom. The topological polar surface area (TPSA) is 61.5 Å². The lowest BCUT2D eigenvalue weighted by Gasteiger charge is -2.39. The van der Waals surface area contributed by atoms with E-state index >= 15 is 0 Å². The lowest BCUT2D eigenvalue weighted by atomic mass is 9.66. The number of para-hydroxylation sites is 4. The van der Waals surface area contributed by atoms with Crippen molar-refractivity contribution in [2.75, 3.05) is 0 Å². The van der Waals surface area contributed by atoms with E-state index in [0.29, 0.717) is 0 Å². The summed E-state index contributed by atoms with van der Waals surface area (Å²) in [5, 5.41) is 15.6. The molecule has 2 aliphatic carbocycles. The van der Waals surface area contributed by atoms with Crippen LogP contribution in [0.15, 0.2) is 340 Å². The van der Waals surface area contributed by atoms with Gasteiger partial charge < -0.3 is 9.47 Å². The van der Waals surface area contributed by atoms with Gasteiger partial charge in [-0.25, -0.2) is 4.98 Å². The number of aromatic nitrogens is 4. The minimum absolute atomic E-state index is 0.495. The number of rotatable bonds is 6. The average Bonchev–Trinajstić information content (AvgIpc) is 1.65. The molecular weight excluding hydrogens is 1230 g/mol. The number of nitrogens with zero attached hydrogens (tertiary/aromatic N) is 4. The number of hydrogen-bond donors (Lipinski definition) is 0. The van der Waals surface area contributed by atoms with Gasteiger partial charge in [-0.2, -0.15) is 0 Å². The summed E-state index contributed by atoms with van der Waals surface area (Å²) in [6.07, 6.45) is 0. The molecule has 1 unspecified atom stereocenters. The van der Waals surface area contributed by atoms with Crippen LogP contribution >= 0.6 is 0 Å².